The van der Waals surface area contributed by atoms with E-state index in [-0.39, 0.29) is 11.5 Å². The zero-order chi connectivity index (χ0) is 19.7. The van der Waals surface area contributed by atoms with E-state index in [0.29, 0.717) is 48.7 Å². The van der Waals surface area contributed by atoms with Gasteiger partial charge in [-0.3, -0.25) is 14.6 Å². The maximum atomic E-state index is 12.8. The molecular formula is C21H21N5O2. The Balaban J connectivity index is 1.57. The van der Waals surface area contributed by atoms with Crippen LogP contribution in [0.5, 0.6) is 0 Å². The third-order valence-electron chi connectivity index (χ3n) is 4.89. The number of fused-ring (bicyclic) bond motifs is 1. The van der Waals surface area contributed by atoms with Gasteiger partial charge in [0.05, 0.1) is 30.6 Å². The molecule has 1 aliphatic heterocycles. The van der Waals surface area contributed by atoms with E-state index in [9.17, 15) is 9.59 Å². The van der Waals surface area contributed by atoms with E-state index in [4.69, 9.17) is 0 Å². The highest BCUT2D eigenvalue weighted by atomic mass is 16.2. The number of carbonyl (C=O) groups excluding carboxylic acids is 1. The highest BCUT2D eigenvalue weighted by Crippen LogP contribution is 2.18. The summed E-state index contributed by atoms with van der Waals surface area (Å²) in [6.45, 7) is 4.70. The molecule has 0 radical (unpaired) electrons. The number of aromatic amines is 1. The summed E-state index contributed by atoms with van der Waals surface area (Å²) in [5.74, 6) is 0.416. The third kappa shape index (κ3) is 3.69. The van der Waals surface area contributed by atoms with Crippen LogP contribution in [0.15, 0.2) is 41.5 Å². The van der Waals surface area contributed by atoms with E-state index in [1.54, 1.807) is 17.3 Å². The number of H-pyrrole nitrogens is 1. The summed E-state index contributed by atoms with van der Waals surface area (Å²) < 4.78 is 0. The minimum Gasteiger partial charge on any atom is -0.336 e. The lowest BCUT2D eigenvalue weighted by Crippen LogP contribution is -2.40. The first-order chi connectivity index (χ1) is 13.5. The molecule has 142 valence electrons. The van der Waals surface area contributed by atoms with Crippen LogP contribution in [0.25, 0.3) is 11.5 Å². The van der Waals surface area contributed by atoms with Gasteiger partial charge in [0, 0.05) is 18.3 Å². The van der Waals surface area contributed by atoms with Crippen LogP contribution in [0, 0.1) is 13.8 Å². The van der Waals surface area contributed by atoms with Gasteiger partial charge in [-0.25, -0.2) is 9.97 Å². The van der Waals surface area contributed by atoms with Crippen LogP contribution in [0.3, 0.4) is 0 Å². The number of hydrogen-bond donors (Lipinski definition) is 1. The third-order valence-corrected chi connectivity index (χ3v) is 4.89. The Hall–Kier alpha value is -3.35. The summed E-state index contributed by atoms with van der Waals surface area (Å²) in [5.41, 5.74) is 4.52. The van der Waals surface area contributed by atoms with Crippen LogP contribution < -0.4 is 5.56 Å². The number of aromatic nitrogens is 4. The average molecular weight is 375 g/mol. The van der Waals surface area contributed by atoms with Crippen molar-refractivity contribution in [3.8, 4) is 11.5 Å². The van der Waals surface area contributed by atoms with Crippen molar-refractivity contribution in [2.24, 2.45) is 0 Å². The lowest BCUT2D eigenvalue weighted by Gasteiger charge is -2.28. The molecule has 3 aromatic rings. The van der Waals surface area contributed by atoms with Gasteiger partial charge in [0.25, 0.3) is 5.56 Å². The minimum atomic E-state index is -0.173. The first-order valence-electron chi connectivity index (χ1n) is 9.24. The normalized spacial score (nSPS) is 13.3. The number of rotatable bonds is 3. The van der Waals surface area contributed by atoms with Gasteiger partial charge in [-0.1, -0.05) is 29.8 Å². The smallest absolute Gasteiger partial charge is 0.254 e. The molecule has 0 saturated carbocycles. The number of carbonyl (C=O) groups is 1. The minimum absolute atomic E-state index is 0.0370. The fourth-order valence-electron chi connectivity index (χ4n) is 3.40. The second kappa shape index (κ2) is 7.34. The van der Waals surface area contributed by atoms with Gasteiger partial charge in [-0.05, 0) is 25.8 Å². The van der Waals surface area contributed by atoms with Crippen molar-refractivity contribution in [3.05, 3.63) is 75.1 Å². The van der Waals surface area contributed by atoms with Gasteiger partial charge >= 0.3 is 0 Å². The van der Waals surface area contributed by atoms with Gasteiger partial charge in [0.1, 0.15) is 5.69 Å². The second-order valence-electron chi connectivity index (χ2n) is 7.11. The molecule has 0 unspecified atom stereocenters. The van der Waals surface area contributed by atoms with Crippen LogP contribution in [0.1, 0.15) is 28.1 Å². The van der Waals surface area contributed by atoms with E-state index in [1.165, 1.54) is 0 Å². The number of benzene rings is 1. The highest BCUT2D eigenvalue weighted by molar-refractivity contribution is 5.79. The summed E-state index contributed by atoms with van der Waals surface area (Å²) in [6.07, 6.45) is 4.06. The van der Waals surface area contributed by atoms with Gasteiger partial charge < -0.3 is 9.88 Å². The topological polar surface area (TPSA) is 91.8 Å². The molecule has 2 aromatic heterocycles. The molecule has 1 N–H and O–H groups in total. The molecule has 0 aliphatic carbocycles. The van der Waals surface area contributed by atoms with Crippen LogP contribution in [-0.4, -0.2) is 37.3 Å². The summed E-state index contributed by atoms with van der Waals surface area (Å²) >= 11 is 0. The van der Waals surface area contributed by atoms with Crippen LogP contribution >= 0.6 is 0 Å². The van der Waals surface area contributed by atoms with E-state index in [2.05, 4.69) is 19.9 Å². The fraction of sp³-hybridized carbons (Fsp3) is 0.286. The van der Waals surface area contributed by atoms with E-state index < -0.39 is 0 Å². The van der Waals surface area contributed by atoms with Gasteiger partial charge in [-0.2, -0.15) is 0 Å². The molecule has 0 spiro atoms. The summed E-state index contributed by atoms with van der Waals surface area (Å²) in [4.78, 5) is 42.9. The van der Waals surface area contributed by atoms with Gasteiger partial charge in [-0.15, -0.1) is 0 Å². The Labute approximate surface area is 162 Å². The van der Waals surface area contributed by atoms with Crippen molar-refractivity contribution in [2.75, 3.05) is 6.54 Å². The molecule has 28 heavy (non-hydrogen) atoms. The van der Waals surface area contributed by atoms with Crippen molar-refractivity contribution in [2.45, 2.75) is 33.2 Å². The second-order valence-corrected chi connectivity index (χ2v) is 7.11. The van der Waals surface area contributed by atoms with Crippen molar-refractivity contribution in [3.63, 3.8) is 0 Å². The molecule has 7 heteroatoms. The SMILES string of the molecule is Cc1cccc(CC(=O)N2CCc3c(nc(-c4cnc(C)cn4)[nH]c3=O)C2)c1. The summed E-state index contributed by atoms with van der Waals surface area (Å²) in [6, 6.07) is 7.95. The first kappa shape index (κ1) is 18.0. The van der Waals surface area contributed by atoms with E-state index in [1.807, 2.05) is 38.1 Å². The Bertz CT molecular complexity index is 1090. The van der Waals surface area contributed by atoms with Gasteiger partial charge in [0.2, 0.25) is 5.91 Å². The maximum absolute atomic E-state index is 12.8. The van der Waals surface area contributed by atoms with Crippen LogP contribution in [-0.2, 0) is 24.2 Å². The molecular weight excluding hydrogens is 354 g/mol. The number of nitrogens with zero attached hydrogens (tertiary/aromatic N) is 4. The molecule has 1 aliphatic rings. The Kier molecular flexibility index (Phi) is 4.73. The van der Waals surface area contributed by atoms with Crippen LogP contribution in [0.2, 0.25) is 0 Å². The Morgan fingerprint density at radius 3 is 2.82 bits per heavy atom. The van der Waals surface area contributed by atoms with E-state index in [0.717, 1.165) is 16.8 Å². The quantitative estimate of drug-likeness (QED) is 0.756. The monoisotopic (exact) mass is 375 g/mol. The van der Waals surface area contributed by atoms with Crippen molar-refractivity contribution < 1.29 is 4.79 Å². The number of nitrogens with one attached hydrogen (secondary N) is 1. The molecule has 4 rings (SSSR count). The molecule has 0 saturated heterocycles. The Morgan fingerprint density at radius 1 is 1.21 bits per heavy atom. The largest absolute Gasteiger partial charge is 0.336 e. The lowest BCUT2D eigenvalue weighted by atomic mass is 10.0. The number of hydrogen-bond acceptors (Lipinski definition) is 5. The lowest BCUT2D eigenvalue weighted by molar-refractivity contribution is -0.131. The maximum Gasteiger partial charge on any atom is 0.254 e. The van der Waals surface area contributed by atoms with Crippen molar-refractivity contribution in [1.82, 2.24) is 24.8 Å². The molecule has 3 heterocycles. The Morgan fingerprint density at radius 2 is 2.07 bits per heavy atom. The van der Waals surface area contributed by atoms with Crippen molar-refractivity contribution in [1.29, 1.82) is 0 Å². The predicted molar refractivity (Wildman–Crippen MR) is 105 cm³/mol. The molecule has 1 aromatic carbocycles. The highest BCUT2D eigenvalue weighted by Gasteiger charge is 2.25. The number of aryl methyl sites for hydroxylation is 2. The molecule has 0 fully saturated rings. The molecule has 0 atom stereocenters. The zero-order valence-corrected chi connectivity index (χ0v) is 15.9. The summed E-state index contributed by atoms with van der Waals surface area (Å²) in [5, 5.41) is 0. The molecule has 7 nitrogen and oxygen atoms in total. The van der Waals surface area contributed by atoms with Crippen molar-refractivity contribution >= 4 is 5.91 Å². The molecule has 0 bridgehead atoms. The molecule has 1 amide bonds. The average Bonchev–Trinajstić information content (AvgIpc) is 2.68. The number of amides is 1. The van der Waals surface area contributed by atoms with E-state index >= 15 is 0 Å². The fourth-order valence-corrected chi connectivity index (χ4v) is 3.40. The predicted octanol–water partition coefficient (Wildman–Crippen LogP) is 1.97. The zero-order valence-electron chi connectivity index (χ0n) is 15.9. The van der Waals surface area contributed by atoms with Gasteiger partial charge in [0.15, 0.2) is 5.82 Å². The van der Waals surface area contributed by atoms with Crippen LogP contribution in [0.4, 0.5) is 0 Å². The summed E-state index contributed by atoms with van der Waals surface area (Å²) in [7, 11) is 0. The standard InChI is InChI=1S/C21H21N5O2/c1-13-4-3-5-15(8-13)9-19(27)26-7-6-16-18(12-26)24-20(25-21(16)28)17-11-22-14(2)10-23-17/h3-5,8,10-11H,6-7,9,12H2,1-2H3,(H,24,25,28). The first-order valence-corrected chi connectivity index (χ1v) is 9.24.